The van der Waals surface area contributed by atoms with Crippen LogP contribution in [0.1, 0.15) is 187 Å². The predicted octanol–water partition coefficient (Wildman–Crippen LogP) is 8.94. The van der Waals surface area contributed by atoms with E-state index in [0.717, 1.165) is 57.8 Å². The Kier molecular flexibility index (Phi) is 33.1. The van der Waals surface area contributed by atoms with E-state index in [4.69, 9.17) is 18.9 Å². The minimum atomic E-state index is -1.59. The van der Waals surface area contributed by atoms with Crippen LogP contribution in [0.2, 0.25) is 0 Å². The van der Waals surface area contributed by atoms with E-state index in [0.29, 0.717) is 6.42 Å². The summed E-state index contributed by atoms with van der Waals surface area (Å²) >= 11 is 0. The molecule has 0 amide bonds. The molecule has 0 bridgehead atoms. The SMILES string of the molecule is CCCCC/C=C\C/C=C\CCCCCCCC(=O)OC(COC(=O)CCCCCCCCCCCCCCCC)COC1OC(CO)C(O)C(O)C1O. The molecule has 10 nitrogen and oxygen atoms in total. The fourth-order valence-corrected chi connectivity index (χ4v) is 6.57. The second-order valence-corrected chi connectivity index (χ2v) is 15.2. The highest BCUT2D eigenvalue weighted by Crippen LogP contribution is 2.22. The Labute approximate surface area is 328 Å². The standard InChI is InChI=1S/C44H80O10/c1-3-5-7-9-11-13-15-17-19-21-23-25-27-29-31-33-40(47)53-37(36-52-44-43(50)42(49)41(48)38(34-45)54-44)35-51-39(46)32-30-28-26-24-22-20-18-16-14-12-10-8-6-4-2/h11,13,17,19,37-38,41-45,48-50H,3-10,12,14-16,18,20-36H2,1-2H3/b13-11-,19-17-. The first-order chi connectivity index (χ1) is 26.3. The second kappa shape index (κ2) is 35.6. The Hall–Kier alpha value is -1.82. The maximum Gasteiger partial charge on any atom is 0.306 e. The molecule has 0 radical (unpaired) electrons. The number of hydrogen-bond donors (Lipinski definition) is 4. The van der Waals surface area contributed by atoms with Crippen LogP contribution in [0, 0.1) is 0 Å². The van der Waals surface area contributed by atoms with Gasteiger partial charge in [0, 0.05) is 12.8 Å². The summed E-state index contributed by atoms with van der Waals surface area (Å²) in [6, 6.07) is 0. The molecular formula is C44H80O10. The molecule has 0 aromatic carbocycles. The first-order valence-electron chi connectivity index (χ1n) is 21.9. The molecule has 6 unspecified atom stereocenters. The first-order valence-corrected chi connectivity index (χ1v) is 21.9. The average molecular weight is 769 g/mol. The summed E-state index contributed by atoms with van der Waals surface area (Å²) in [4.78, 5) is 25.3. The van der Waals surface area contributed by atoms with Gasteiger partial charge in [0.2, 0.25) is 0 Å². The van der Waals surface area contributed by atoms with Crippen LogP contribution in [0.15, 0.2) is 24.3 Å². The van der Waals surface area contributed by atoms with Crippen LogP contribution < -0.4 is 0 Å². The Bertz CT molecular complexity index is 938. The van der Waals surface area contributed by atoms with Crippen molar-refractivity contribution in [2.24, 2.45) is 0 Å². The summed E-state index contributed by atoms with van der Waals surface area (Å²) in [7, 11) is 0. The Morgan fingerprint density at radius 1 is 0.574 bits per heavy atom. The summed E-state index contributed by atoms with van der Waals surface area (Å²) in [5.74, 6) is -0.817. The van der Waals surface area contributed by atoms with E-state index in [2.05, 4.69) is 38.2 Å². The van der Waals surface area contributed by atoms with Gasteiger partial charge >= 0.3 is 11.9 Å². The van der Waals surface area contributed by atoms with Gasteiger partial charge in [-0.15, -0.1) is 0 Å². The van der Waals surface area contributed by atoms with Gasteiger partial charge in [-0.25, -0.2) is 0 Å². The van der Waals surface area contributed by atoms with Gasteiger partial charge in [-0.3, -0.25) is 9.59 Å². The van der Waals surface area contributed by atoms with Crippen molar-refractivity contribution >= 4 is 11.9 Å². The number of ether oxygens (including phenoxy) is 4. The summed E-state index contributed by atoms with van der Waals surface area (Å²) in [5, 5.41) is 40.0. The maximum absolute atomic E-state index is 12.7. The number of hydrogen-bond acceptors (Lipinski definition) is 10. The average Bonchev–Trinajstić information content (AvgIpc) is 3.17. The van der Waals surface area contributed by atoms with E-state index in [1.54, 1.807) is 0 Å². The maximum atomic E-state index is 12.7. The molecule has 316 valence electrons. The number of esters is 2. The van der Waals surface area contributed by atoms with Gasteiger partial charge < -0.3 is 39.4 Å². The van der Waals surface area contributed by atoms with Crippen LogP contribution in [-0.2, 0) is 28.5 Å². The Morgan fingerprint density at radius 2 is 1.04 bits per heavy atom. The molecule has 0 aliphatic carbocycles. The van der Waals surface area contributed by atoms with Crippen molar-refractivity contribution in [3.05, 3.63) is 24.3 Å². The smallest absolute Gasteiger partial charge is 0.306 e. The molecule has 1 heterocycles. The molecule has 1 saturated heterocycles. The molecule has 1 aliphatic heterocycles. The van der Waals surface area contributed by atoms with Gasteiger partial charge in [0.15, 0.2) is 12.4 Å². The van der Waals surface area contributed by atoms with E-state index in [-0.39, 0.29) is 32.0 Å². The second-order valence-electron chi connectivity index (χ2n) is 15.2. The van der Waals surface area contributed by atoms with Crippen molar-refractivity contribution in [1.82, 2.24) is 0 Å². The van der Waals surface area contributed by atoms with E-state index in [1.807, 2.05) is 0 Å². The van der Waals surface area contributed by atoms with Crippen LogP contribution in [0.4, 0.5) is 0 Å². The third-order valence-electron chi connectivity index (χ3n) is 10.1. The molecule has 1 fully saturated rings. The van der Waals surface area contributed by atoms with Gasteiger partial charge in [-0.1, -0.05) is 154 Å². The molecule has 0 saturated carbocycles. The normalized spacial score (nSPS) is 20.9. The summed E-state index contributed by atoms with van der Waals surface area (Å²) in [6.45, 7) is 3.39. The highest BCUT2D eigenvalue weighted by Gasteiger charge is 2.44. The minimum Gasteiger partial charge on any atom is -0.462 e. The molecule has 1 rings (SSSR count). The van der Waals surface area contributed by atoms with Crippen molar-refractivity contribution in [3.8, 4) is 0 Å². The summed E-state index contributed by atoms with van der Waals surface area (Å²) in [6.07, 6.45) is 30.3. The van der Waals surface area contributed by atoms with Crippen LogP contribution >= 0.6 is 0 Å². The van der Waals surface area contributed by atoms with Crippen molar-refractivity contribution in [2.75, 3.05) is 19.8 Å². The van der Waals surface area contributed by atoms with Crippen molar-refractivity contribution in [2.45, 2.75) is 224 Å². The predicted molar refractivity (Wildman–Crippen MR) is 215 cm³/mol. The fourth-order valence-electron chi connectivity index (χ4n) is 6.57. The van der Waals surface area contributed by atoms with E-state index >= 15 is 0 Å². The van der Waals surface area contributed by atoms with Crippen LogP contribution in [-0.4, -0.2) is 89.0 Å². The van der Waals surface area contributed by atoms with E-state index < -0.39 is 49.4 Å². The quantitative estimate of drug-likeness (QED) is 0.0276. The van der Waals surface area contributed by atoms with Crippen molar-refractivity contribution in [3.63, 3.8) is 0 Å². The lowest BCUT2D eigenvalue weighted by Gasteiger charge is -2.39. The number of carbonyl (C=O) groups excluding carboxylic acids is 2. The summed E-state index contributed by atoms with van der Waals surface area (Å²) in [5.41, 5.74) is 0. The van der Waals surface area contributed by atoms with Crippen LogP contribution in [0.5, 0.6) is 0 Å². The minimum absolute atomic E-state index is 0.216. The zero-order valence-electron chi connectivity index (χ0n) is 34.2. The monoisotopic (exact) mass is 769 g/mol. The number of aliphatic hydroxyl groups excluding tert-OH is 4. The summed E-state index contributed by atoms with van der Waals surface area (Å²) < 4.78 is 22.1. The highest BCUT2D eigenvalue weighted by molar-refractivity contribution is 5.70. The highest BCUT2D eigenvalue weighted by atomic mass is 16.7. The van der Waals surface area contributed by atoms with Gasteiger partial charge in [-0.05, 0) is 44.9 Å². The van der Waals surface area contributed by atoms with Crippen molar-refractivity contribution in [1.29, 1.82) is 0 Å². The number of carbonyl (C=O) groups is 2. The number of unbranched alkanes of at least 4 members (excludes halogenated alkanes) is 21. The third-order valence-corrected chi connectivity index (χ3v) is 10.1. The first kappa shape index (κ1) is 50.2. The molecule has 10 heteroatoms. The molecule has 1 aliphatic rings. The zero-order valence-corrected chi connectivity index (χ0v) is 34.2. The lowest BCUT2D eigenvalue weighted by molar-refractivity contribution is -0.305. The number of aliphatic hydroxyl groups is 4. The van der Waals surface area contributed by atoms with Gasteiger partial charge in [0.1, 0.15) is 31.0 Å². The lowest BCUT2D eigenvalue weighted by atomic mass is 9.99. The fraction of sp³-hybridized carbons (Fsp3) is 0.864. The topological polar surface area (TPSA) is 152 Å². The molecular weight excluding hydrogens is 688 g/mol. The van der Waals surface area contributed by atoms with Gasteiger partial charge in [0.25, 0.3) is 0 Å². The molecule has 0 aromatic rings. The Morgan fingerprint density at radius 3 is 1.57 bits per heavy atom. The molecule has 4 N–H and O–H groups in total. The number of allylic oxidation sites excluding steroid dienone is 4. The van der Waals surface area contributed by atoms with Gasteiger partial charge in [0.05, 0.1) is 13.2 Å². The molecule has 0 spiro atoms. The largest absolute Gasteiger partial charge is 0.462 e. The van der Waals surface area contributed by atoms with Gasteiger partial charge in [-0.2, -0.15) is 0 Å². The molecule has 6 atom stereocenters. The molecule has 0 aromatic heterocycles. The van der Waals surface area contributed by atoms with E-state index in [9.17, 15) is 30.0 Å². The van der Waals surface area contributed by atoms with E-state index in [1.165, 1.54) is 96.3 Å². The number of rotatable bonds is 36. The van der Waals surface area contributed by atoms with Crippen LogP contribution in [0.3, 0.4) is 0 Å². The van der Waals surface area contributed by atoms with Crippen molar-refractivity contribution < 1.29 is 49.0 Å². The Balaban J connectivity index is 2.35. The lowest BCUT2D eigenvalue weighted by Crippen LogP contribution is -2.59. The molecule has 54 heavy (non-hydrogen) atoms. The van der Waals surface area contributed by atoms with Crippen LogP contribution in [0.25, 0.3) is 0 Å². The third kappa shape index (κ3) is 26.9. The zero-order chi connectivity index (χ0) is 39.5.